The van der Waals surface area contributed by atoms with Gasteiger partial charge in [-0.05, 0) is 62.1 Å². The van der Waals surface area contributed by atoms with Crippen LogP contribution < -0.4 is 14.8 Å². The second-order valence-electron chi connectivity index (χ2n) is 8.32. The Morgan fingerprint density at radius 2 is 1.79 bits per heavy atom. The topological polar surface area (TPSA) is 41.5 Å². The molecule has 176 valence electrons. The number of benzene rings is 3. The number of ether oxygens (including phenoxy) is 1. The Morgan fingerprint density at radius 1 is 1.03 bits per heavy atom. The zero-order valence-electron chi connectivity index (χ0n) is 19.5. The van der Waals surface area contributed by atoms with E-state index in [0.717, 1.165) is 29.7 Å². The second-order valence-corrected chi connectivity index (χ2v) is 8.32. The summed E-state index contributed by atoms with van der Waals surface area (Å²) in [6.45, 7) is 7.27. The van der Waals surface area contributed by atoms with Gasteiger partial charge in [0.2, 0.25) is 0 Å². The fourth-order valence-electron chi connectivity index (χ4n) is 4.63. The molecule has 1 atom stereocenters. The molecule has 0 amide bonds. The van der Waals surface area contributed by atoms with E-state index in [9.17, 15) is 0 Å². The lowest BCUT2D eigenvalue weighted by Gasteiger charge is -2.37. The second kappa shape index (κ2) is 9.85. The first-order chi connectivity index (χ1) is 16.1. The van der Waals surface area contributed by atoms with E-state index >= 15 is 4.48 Å². The van der Waals surface area contributed by atoms with Crippen LogP contribution in [0.3, 0.4) is 0 Å². The predicted molar refractivity (Wildman–Crippen MR) is 138 cm³/mol. The number of nitrogens with zero attached hydrogens (tertiary/aromatic N) is 4. The number of anilines is 3. The van der Waals surface area contributed by atoms with E-state index in [-0.39, 0.29) is 24.4 Å². The number of rotatable bonds is 5. The maximum Gasteiger partial charge on any atom is 0.261 e. The SMILES string of the molecule is CCOc1cccc2c(N3CCc4ccccc4C3C)nc(N(F)c3ccccc3C)nc12.Cl. The highest BCUT2D eigenvalue weighted by atomic mass is 35.5. The molecular formula is C27H28ClFN4O. The summed E-state index contributed by atoms with van der Waals surface area (Å²) in [6, 6.07) is 21.7. The number of aromatic nitrogens is 2. The number of hydrogen-bond acceptors (Lipinski definition) is 5. The molecule has 0 spiro atoms. The molecule has 0 radical (unpaired) electrons. The third kappa shape index (κ3) is 4.14. The monoisotopic (exact) mass is 478 g/mol. The lowest BCUT2D eigenvalue weighted by atomic mass is 9.93. The Bertz CT molecular complexity index is 1320. The van der Waals surface area contributed by atoms with Gasteiger partial charge in [0.05, 0.1) is 18.3 Å². The van der Waals surface area contributed by atoms with Crippen molar-refractivity contribution in [3.8, 4) is 5.75 Å². The summed E-state index contributed by atoms with van der Waals surface area (Å²) in [5.74, 6) is 1.35. The first-order valence-corrected chi connectivity index (χ1v) is 11.4. The molecule has 0 N–H and O–H groups in total. The maximum atomic E-state index is 15.7. The van der Waals surface area contributed by atoms with Crippen LogP contribution in [0.25, 0.3) is 10.9 Å². The van der Waals surface area contributed by atoms with Crippen LogP contribution in [-0.4, -0.2) is 23.1 Å². The van der Waals surface area contributed by atoms with Crippen LogP contribution in [0.15, 0.2) is 66.7 Å². The van der Waals surface area contributed by atoms with Crippen LogP contribution in [0.1, 0.15) is 36.6 Å². The lowest BCUT2D eigenvalue weighted by Crippen LogP contribution is -2.35. The highest BCUT2D eigenvalue weighted by Gasteiger charge is 2.28. The predicted octanol–water partition coefficient (Wildman–Crippen LogP) is 6.91. The van der Waals surface area contributed by atoms with Crippen molar-refractivity contribution in [3.05, 3.63) is 83.4 Å². The van der Waals surface area contributed by atoms with Gasteiger partial charge in [0.15, 0.2) is 0 Å². The normalized spacial score (nSPS) is 14.9. The summed E-state index contributed by atoms with van der Waals surface area (Å²) < 4.78 is 21.6. The first kappa shape index (κ1) is 23.8. The van der Waals surface area contributed by atoms with Crippen molar-refractivity contribution in [2.45, 2.75) is 33.2 Å². The fourth-order valence-corrected chi connectivity index (χ4v) is 4.63. The van der Waals surface area contributed by atoms with Crippen LogP contribution >= 0.6 is 12.4 Å². The molecule has 1 aromatic heterocycles. The maximum absolute atomic E-state index is 15.7. The third-order valence-electron chi connectivity index (χ3n) is 6.33. The molecule has 4 aromatic rings. The van der Waals surface area contributed by atoms with E-state index in [0.29, 0.717) is 28.7 Å². The molecule has 7 heteroatoms. The summed E-state index contributed by atoms with van der Waals surface area (Å²) in [7, 11) is 0. The van der Waals surface area contributed by atoms with Gasteiger partial charge in [-0.25, -0.2) is 4.98 Å². The summed E-state index contributed by atoms with van der Waals surface area (Å²) in [5, 5.41) is 1.43. The van der Waals surface area contributed by atoms with Crippen LogP contribution in [0.2, 0.25) is 0 Å². The molecule has 2 heterocycles. The van der Waals surface area contributed by atoms with Crippen molar-refractivity contribution in [3.63, 3.8) is 0 Å². The number of aryl methyl sites for hydroxylation is 1. The highest BCUT2D eigenvalue weighted by Crippen LogP contribution is 2.39. The summed E-state index contributed by atoms with van der Waals surface area (Å²) in [5.41, 5.74) is 4.47. The molecule has 1 aliphatic rings. The minimum atomic E-state index is 0. The van der Waals surface area contributed by atoms with Gasteiger partial charge < -0.3 is 9.64 Å². The molecule has 1 aliphatic heterocycles. The summed E-state index contributed by atoms with van der Waals surface area (Å²) in [6.07, 6.45) is 0.906. The average molecular weight is 479 g/mol. The molecule has 0 saturated heterocycles. The minimum absolute atomic E-state index is 0. The summed E-state index contributed by atoms with van der Waals surface area (Å²) >= 11 is 0. The van der Waals surface area contributed by atoms with Gasteiger partial charge in [0, 0.05) is 11.9 Å². The quantitative estimate of drug-likeness (QED) is 0.292. The van der Waals surface area contributed by atoms with Crippen molar-refractivity contribution in [2.24, 2.45) is 0 Å². The summed E-state index contributed by atoms with van der Waals surface area (Å²) in [4.78, 5) is 11.6. The molecule has 5 nitrogen and oxygen atoms in total. The molecule has 0 aliphatic carbocycles. The van der Waals surface area contributed by atoms with Crippen LogP contribution in [0.4, 0.5) is 21.9 Å². The molecule has 1 unspecified atom stereocenters. The van der Waals surface area contributed by atoms with Crippen molar-refractivity contribution in [1.82, 2.24) is 9.97 Å². The molecule has 0 fully saturated rings. The molecule has 3 aromatic carbocycles. The van der Waals surface area contributed by atoms with Crippen LogP contribution in [-0.2, 0) is 6.42 Å². The Balaban J connectivity index is 0.00000274. The highest BCUT2D eigenvalue weighted by molar-refractivity contribution is 5.95. The van der Waals surface area contributed by atoms with Crippen molar-refractivity contribution >= 4 is 40.8 Å². The van der Waals surface area contributed by atoms with Gasteiger partial charge in [-0.3, -0.25) is 0 Å². The van der Waals surface area contributed by atoms with E-state index < -0.39 is 0 Å². The average Bonchev–Trinajstić information content (AvgIpc) is 2.84. The van der Waals surface area contributed by atoms with Crippen molar-refractivity contribution in [2.75, 3.05) is 23.2 Å². The van der Waals surface area contributed by atoms with Crippen molar-refractivity contribution in [1.29, 1.82) is 0 Å². The molecular weight excluding hydrogens is 451 g/mol. The van der Waals surface area contributed by atoms with E-state index in [1.54, 1.807) is 6.07 Å². The minimum Gasteiger partial charge on any atom is -0.492 e. The van der Waals surface area contributed by atoms with E-state index in [2.05, 4.69) is 41.1 Å². The van der Waals surface area contributed by atoms with E-state index in [1.165, 1.54) is 11.1 Å². The smallest absolute Gasteiger partial charge is 0.261 e. The van der Waals surface area contributed by atoms with Gasteiger partial charge in [0.25, 0.3) is 5.95 Å². The van der Waals surface area contributed by atoms with E-state index in [1.807, 2.05) is 50.2 Å². The Labute approximate surface area is 205 Å². The number of fused-ring (bicyclic) bond motifs is 2. The first-order valence-electron chi connectivity index (χ1n) is 11.4. The van der Waals surface area contributed by atoms with Gasteiger partial charge in [-0.15, -0.1) is 17.5 Å². The third-order valence-corrected chi connectivity index (χ3v) is 6.33. The van der Waals surface area contributed by atoms with Gasteiger partial charge in [-0.1, -0.05) is 53.0 Å². The van der Waals surface area contributed by atoms with Crippen LogP contribution in [0, 0.1) is 6.92 Å². The number of halogens is 2. The zero-order valence-corrected chi connectivity index (χ0v) is 20.3. The van der Waals surface area contributed by atoms with Crippen LogP contribution in [0.5, 0.6) is 5.75 Å². The standard InChI is InChI=1S/C27H27FN4O.ClH/c1-4-33-24-15-9-13-22-25(24)29-27(32(28)23-14-8-5-10-18(23)2)30-26(22)31-17-16-20-11-6-7-12-21(20)19(31)3;/h5-15,19H,4,16-17H2,1-3H3;1H. The number of hydrogen-bond donors (Lipinski definition) is 0. The Morgan fingerprint density at radius 3 is 2.59 bits per heavy atom. The molecule has 5 rings (SSSR count). The van der Waals surface area contributed by atoms with Crippen molar-refractivity contribution < 1.29 is 9.22 Å². The molecule has 34 heavy (non-hydrogen) atoms. The Kier molecular flexibility index (Phi) is 6.89. The number of para-hydroxylation sites is 2. The fraction of sp³-hybridized carbons (Fsp3) is 0.259. The van der Waals surface area contributed by atoms with Gasteiger partial charge in [-0.2, -0.15) is 4.98 Å². The van der Waals surface area contributed by atoms with Gasteiger partial charge in [0.1, 0.15) is 17.1 Å². The van der Waals surface area contributed by atoms with E-state index in [4.69, 9.17) is 9.72 Å². The Hall–Kier alpha value is -3.38. The molecule has 0 saturated carbocycles. The zero-order chi connectivity index (χ0) is 22.9. The molecule has 0 bridgehead atoms. The lowest BCUT2D eigenvalue weighted by molar-refractivity contribution is 0.343. The van der Waals surface area contributed by atoms with Gasteiger partial charge >= 0.3 is 0 Å². The largest absolute Gasteiger partial charge is 0.492 e.